The minimum Gasteiger partial charge on any atom is -0.477 e. The van der Waals surface area contributed by atoms with Gasteiger partial charge in [-0.3, -0.25) is 0 Å². The number of rotatable bonds is 4. The summed E-state index contributed by atoms with van der Waals surface area (Å²) in [7, 11) is 0. The molecule has 1 heterocycles. The third-order valence-electron chi connectivity index (χ3n) is 2.61. The Bertz CT molecular complexity index is 348. The van der Waals surface area contributed by atoms with Gasteiger partial charge in [0.2, 0.25) is 0 Å². The lowest BCUT2D eigenvalue weighted by Gasteiger charge is -2.02. The van der Waals surface area contributed by atoms with Crippen LogP contribution in [0.2, 0.25) is 0 Å². The van der Waals surface area contributed by atoms with E-state index in [0.29, 0.717) is 17.5 Å². The highest BCUT2D eigenvalue weighted by atomic mass is 32.1. The lowest BCUT2D eigenvalue weighted by molar-refractivity contribution is 0.0701. The predicted molar refractivity (Wildman–Crippen MR) is 55.7 cm³/mol. The van der Waals surface area contributed by atoms with Gasteiger partial charge in [0, 0.05) is 12.6 Å². The summed E-state index contributed by atoms with van der Waals surface area (Å²) in [5, 5.41) is 14.0. The highest BCUT2D eigenvalue weighted by Gasteiger charge is 2.31. The maximum absolute atomic E-state index is 10.8. The van der Waals surface area contributed by atoms with Gasteiger partial charge in [-0.2, -0.15) is 0 Å². The van der Waals surface area contributed by atoms with Crippen molar-refractivity contribution in [1.82, 2.24) is 5.32 Å². The molecule has 3 nitrogen and oxygen atoms in total. The fourth-order valence-electron chi connectivity index (χ4n) is 1.51. The van der Waals surface area contributed by atoms with Crippen LogP contribution in [0.1, 0.15) is 28.6 Å². The quantitative estimate of drug-likeness (QED) is 0.800. The van der Waals surface area contributed by atoms with Crippen LogP contribution in [-0.2, 0) is 6.54 Å². The first kappa shape index (κ1) is 9.68. The number of carboxylic acid groups (broad SMARTS) is 1. The first-order valence-electron chi connectivity index (χ1n) is 4.71. The molecule has 1 aliphatic carbocycles. The molecular weight excluding hydrogens is 198 g/mol. The molecule has 0 radical (unpaired) electrons. The molecule has 1 fully saturated rings. The Hall–Kier alpha value is -0.870. The molecule has 76 valence electrons. The molecule has 0 aliphatic heterocycles. The number of thiophene rings is 1. The number of nitrogens with one attached hydrogen (secondary N) is 1. The minimum absolute atomic E-state index is 0.464. The van der Waals surface area contributed by atoms with E-state index in [2.05, 4.69) is 12.2 Å². The van der Waals surface area contributed by atoms with Gasteiger partial charge in [0.15, 0.2) is 0 Å². The second-order valence-corrected chi connectivity index (χ2v) is 4.70. The molecule has 1 saturated carbocycles. The maximum atomic E-state index is 10.8. The van der Waals surface area contributed by atoms with Crippen molar-refractivity contribution in [3.05, 3.63) is 21.9 Å². The fourth-order valence-corrected chi connectivity index (χ4v) is 2.27. The number of hydrogen-bond donors (Lipinski definition) is 2. The minimum atomic E-state index is -0.819. The summed E-state index contributed by atoms with van der Waals surface area (Å²) in [6, 6.07) is 2.48. The van der Waals surface area contributed by atoms with Crippen LogP contribution in [-0.4, -0.2) is 17.1 Å². The second kappa shape index (κ2) is 3.71. The van der Waals surface area contributed by atoms with Crippen molar-refractivity contribution in [2.75, 3.05) is 0 Å². The summed E-state index contributed by atoms with van der Waals surface area (Å²) >= 11 is 1.29. The SMILES string of the molecule is CC1CC1NCc1ccsc1C(=O)O. The van der Waals surface area contributed by atoms with Crippen molar-refractivity contribution in [3.63, 3.8) is 0 Å². The first-order valence-corrected chi connectivity index (χ1v) is 5.59. The number of carboxylic acids is 1. The van der Waals surface area contributed by atoms with Crippen molar-refractivity contribution in [3.8, 4) is 0 Å². The third kappa shape index (κ3) is 1.96. The van der Waals surface area contributed by atoms with Gasteiger partial charge < -0.3 is 10.4 Å². The second-order valence-electron chi connectivity index (χ2n) is 3.78. The summed E-state index contributed by atoms with van der Waals surface area (Å²) in [6.07, 6.45) is 1.21. The zero-order chi connectivity index (χ0) is 10.1. The zero-order valence-corrected chi connectivity index (χ0v) is 8.80. The van der Waals surface area contributed by atoms with E-state index in [9.17, 15) is 4.79 Å². The Morgan fingerprint density at radius 2 is 2.50 bits per heavy atom. The monoisotopic (exact) mass is 211 g/mol. The standard InChI is InChI=1S/C10H13NO2S/c1-6-4-8(6)11-5-7-2-3-14-9(7)10(12)13/h2-3,6,8,11H,4-5H2,1H3,(H,12,13). The van der Waals surface area contributed by atoms with Crippen LogP contribution >= 0.6 is 11.3 Å². The zero-order valence-electron chi connectivity index (χ0n) is 7.99. The van der Waals surface area contributed by atoms with Gasteiger partial charge in [0.1, 0.15) is 4.88 Å². The van der Waals surface area contributed by atoms with E-state index in [1.165, 1.54) is 17.8 Å². The highest BCUT2D eigenvalue weighted by molar-refractivity contribution is 7.12. The fraction of sp³-hybridized carbons (Fsp3) is 0.500. The van der Waals surface area contributed by atoms with Gasteiger partial charge in [-0.15, -0.1) is 11.3 Å². The van der Waals surface area contributed by atoms with Crippen LogP contribution in [0.3, 0.4) is 0 Å². The van der Waals surface area contributed by atoms with Crippen molar-refractivity contribution < 1.29 is 9.90 Å². The Morgan fingerprint density at radius 3 is 3.07 bits per heavy atom. The maximum Gasteiger partial charge on any atom is 0.346 e. The molecule has 0 amide bonds. The molecule has 0 spiro atoms. The van der Waals surface area contributed by atoms with Crippen molar-refractivity contribution in [1.29, 1.82) is 0 Å². The summed E-state index contributed by atoms with van der Waals surface area (Å²) in [4.78, 5) is 11.3. The Balaban J connectivity index is 1.95. The van der Waals surface area contributed by atoms with E-state index in [-0.39, 0.29) is 0 Å². The Kier molecular flexibility index (Phi) is 2.56. The summed E-state index contributed by atoms with van der Waals surface area (Å²) < 4.78 is 0. The number of carbonyl (C=O) groups is 1. The number of hydrogen-bond acceptors (Lipinski definition) is 3. The molecule has 0 bridgehead atoms. The van der Waals surface area contributed by atoms with Gasteiger partial charge in [-0.25, -0.2) is 4.79 Å². The Labute approximate surface area is 86.8 Å². The molecule has 0 saturated heterocycles. The molecule has 1 aliphatic rings. The first-order chi connectivity index (χ1) is 6.68. The molecule has 2 unspecified atom stereocenters. The van der Waals surface area contributed by atoms with E-state index >= 15 is 0 Å². The lowest BCUT2D eigenvalue weighted by atomic mass is 10.2. The molecule has 0 aromatic carbocycles. The van der Waals surface area contributed by atoms with E-state index in [1.54, 1.807) is 0 Å². The molecule has 4 heteroatoms. The number of aromatic carboxylic acids is 1. The van der Waals surface area contributed by atoms with Crippen LogP contribution in [0.15, 0.2) is 11.4 Å². The Morgan fingerprint density at radius 1 is 1.79 bits per heavy atom. The van der Waals surface area contributed by atoms with Gasteiger partial charge in [-0.1, -0.05) is 6.92 Å². The van der Waals surface area contributed by atoms with Crippen LogP contribution in [0.25, 0.3) is 0 Å². The largest absolute Gasteiger partial charge is 0.477 e. The van der Waals surface area contributed by atoms with Gasteiger partial charge in [0.25, 0.3) is 0 Å². The molecule has 1 aromatic rings. The lowest BCUT2D eigenvalue weighted by Crippen LogP contribution is -2.18. The average molecular weight is 211 g/mol. The molecular formula is C10H13NO2S. The van der Waals surface area contributed by atoms with Crippen LogP contribution in [0.5, 0.6) is 0 Å². The molecule has 2 atom stereocenters. The molecule has 14 heavy (non-hydrogen) atoms. The summed E-state index contributed by atoms with van der Waals surface area (Å²) in [6.45, 7) is 2.88. The highest BCUT2D eigenvalue weighted by Crippen LogP contribution is 2.29. The molecule has 2 rings (SSSR count). The molecule has 1 aromatic heterocycles. The van der Waals surface area contributed by atoms with Crippen molar-refractivity contribution in [2.24, 2.45) is 5.92 Å². The normalized spacial score (nSPS) is 24.9. The predicted octanol–water partition coefficient (Wildman–Crippen LogP) is 1.94. The van der Waals surface area contributed by atoms with E-state index in [4.69, 9.17) is 5.11 Å². The van der Waals surface area contributed by atoms with E-state index in [0.717, 1.165) is 11.5 Å². The van der Waals surface area contributed by atoms with Crippen molar-refractivity contribution >= 4 is 17.3 Å². The smallest absolute Gasteiger partial charge is 0.346 e. The van der Waals surface area contributed by atoms with Crippen LogP contribution in [0.4, 0.5) is 0 Å². The topological polar surface area (TPSA) is 49.3 Å². The van der Waals surface area contributed by atoms with Gasteiger partial charge in [-0.05, 0) is 29.3 Å². The van der Waals surface area contributed by atoms with Crippen molar-refractivity contribution in [2.45, 2.75) is 25.9 Å². The average Bonchev–Trinajstić information content (AvgIpc) is 2.67. The third-order valence-corrected chi connectivity index (χ3v) is 3.55. The van der Waals surface area contributed by atoms with Crippen LogP contribution in [0, 0.1) is 5.92 Å². The van der Waals surface area contributed by atoms with Gasteiger partial charge in [0.05, 0.1) is 0 Å². The van der Waals surface area contributed by atoms with E-state index in [1.807, 2.05) is 11.4 Å². The summed E-state index contributed by atoms with van der Waals surface area (Å²) in [5.74, 6) is -0.0671. The van der Waals surface area contributed by atoms with Crippen LogP contribution < -0.4 is 5.32 Å². The van der Waals surface area contributed by atoms with Gasteiger partial charge >= 0.3 is 5.97 Å². The van der Waals surface area contributed by atoms with E-state index < -0.39 is 5.97 Å². The molecule has 2 N–H and O–H groups in total. The summed E-state index contributed by atoms with van der Waals surface area (Å²) in [5.41, 5.74) is 0.904.